The van der Waals surface area contributed by atoms with E-state index in [1.165, 1.54) is 18.4 Å². The molecule has 0 unspecified atom stereocenters. The molecule has 3 nitrogen and oxygen atoms in total. The molecule has 0 atom stereocenters. The Hall–Kier alpha value is -1.06. The van der Waals surface area contributed by atoms with Crippen molar-refractivity contribution in [2.45, 2.75) is 44.1 Å². The number of hydrogen-bond donors (Lipinski definition) is 2. The van der Waals surface area contributed by atoms with E-state index >= 15 is 0 Å². The Balaban J connectivity index is 1.74. The summed E-state index contributed by atoms with van der Waals surface area (Å²) < 4.78 is 5.23. The van der Waals surface area contributed by atoms with E-state index in [2.05, 4.69) is 17.4 Å². The lowest BCUT2D eigenvalue weighted by Gasteiger charge is -2.28. The van der Waals surface area contributed by atoms with E-state index in [1.807, 2.05) is 12.1 Å². The van der Waals surface area contributed by atoms with Crippen LogP contribution in [0.4, 0.5) is 0 Å². The average molecular weight is 263 g/mol. The third-order valence-electron chi connectivity index (χ3n) is 4.14. The molecule has 1 aromatic rings. The van der Waals surface area contributed by atoms with E-state index in [0.29, 0.717) is 0 Å². The minimum absolute atomic E-state index is 0.00831. The van der Waals surface area contributed by atoms with Crippen LogP contribution in [0.3, 0.4) is 0 Å². The molecular weight excluding hydrogens is 238 g/mol. The molecule has 2 N–H and O–H groups in total. The van der Waals surface area contributed by atoms with Crippen LogP contribution in [0.25, 0.3) is 0 Å². The van der Waals surface area contributed by atoms with Gasteiger partial charge in [-0.3, -0.25) is 0 Å². The average Bonchev–Trinajstić information content (AvgIpc) is 2.93. The smallest absolute Gasteiger partial charge is 0.119 e. The number of aliphatic hydroxyl groups excluding tert-OH is 1. The van der Waals surface area contributed by atoms with Gasteiger partial charge >= 0.3 is 0 Å². The summed E-state index contributed by atoms with van der Waals surface area (Å²) >= 11 is 0. The summed E-state index contributed by atoms with van der Waals surface area (Å²) in [7, 11) is 1.70. The zero-order valence-electron chi connectivity index (χ0n) is 11.8. The van der Waals surface area contributed by atoms with Gasteiger partial charge in [-0.05, 0) is 49.9 Å². The van der Waals surface area contributed by atoms with Crippen LogP contribution in [0.1, 0.15) is 37.7 Å². The fourth-order valence-corrected chi connectivity index (χ4v) is 2.92. The minimum atomic E-state index is 0.00831. The van der Waals surface area contributed by atoms with Crippen LogP contribution in [0.5, 0.6) is 5.75 Å². The second-order valence-electron chi connectivity index (χ2n) is 5.53. The summed E-state index contributed by atoms with van der Waals surface area (Å²) in [4.78, 5) is 0. The summed E-state index contributed by atoms with van der Waals surface area (Å²) in [6.07, 6.45) is 6.85. The highest BCUT2D eigenvalue weighted by Gasteiger charge is 2.31. The molecule has 3 heteroatoms. The highest BCUT2D eigenvalue weighted by molar-refractivity contribution is 5.28. The number of ether oxygens (including phenoxy) is 1. The van der Waals surface area contributed by atoms with Crippen LogP contribution in [-0.4, -0.2) is 30.9 Å². The highest BCUT2D eigenvalue weighted by Crippen LogP contribution is 2.29. The van der Waals surface area contributed by atoms with Gasteiger partial charge in [0, 0.05) is 5.54 Å². The molecule has 0 amide bonds. The first kappa shape index (κ1) is 14.4. The number of nitrogens with one attached hydrogen (secondary N) is 1. The van der Waals surface area contributed by atoms with E-state index in [9.17, 15) is 5.11 Å². The topological polar surface area (TPSA) is 41.5 Å². The van der Waals surface area contributed by atoms with E-state index in [0.717, 1.165) is 38.0 Å². The van der Waals surface area contributed by atoms with Gasteiger partial charge in [-0.25, -0.2) is 0 Å². The SMILES string of the molecule is COc1cccc(CCCNC2(CO)CCCC2)c1. The minimum Gasteiger partial charge on any atom is -0.497 e. The number of benzene rings is 1. The van der Waals surface area contributed by atoms with Crippen molar-refractivity contribution < 1.29 is 9.84 Å². The molecule has 0 aliphatic heterocycles. The van der Waals surface area contributed by atoms with Crippen molar-refractivity contribution in [2.24, 2.45) is 0 Å². The Morgan fingerprint density at radius 3 is 2.79 bits per heavy atom. The Labute approximate surface area is 116 Å². The Bertz CT molecular complexity index is 386. The Kier molecular flexibility index (Phi) is 5.23. The van der Waals surface area contributed by atoms with Crippen molar-refractivity contribution in [2.75, 3.05) is 20.3 Å². The van der Waals surface area contributed by atoms with Crippen molar-refractivity contribution in [3.63, 3.8) is 0 Å². The maximum atomic E-state index is 9.52. The number of rotatable bonds is 7. The van der Waals surface area contributed by atoms with Gasteiger partial charge in [0.15, 0.2) is 0 Å². The molecule has 1 aliphatic carbocycles. The molecule has 0 heterocycles. The van der Waals surface area contributed by atoms with Crippen molar-refractivity contribution in [1.29, 1.82) is 0 Å². The quantitative estimate of drug-likeness (QED) is 0.743. The summed E-state index contributed by atoms with van der Waals surface area (Å²) in [5, 5.41) is 13.1. The Morgan fingerprint density at radius 1 is 1.32 bits per heavy atom. The standard InChI is InChI=1S/C16H25NO2/c1-19-15-8-4-6-14(12-15)7-5-11-17-16(13-18)9-2-3-10-16/h4,6,8,12,17-18H,2-3,5,7,9-11,13H2,1H3. The lowest BCUT2D eigenvalue weighted by molar-refractivity contribution is 0.164. The van der Waals surface area contributed by atoms with Crippen LogP contribution in [0.15, 0.2) is 24.3 Å². The molecule has 0 aromatic heterocycles. The van der Waals surface area contributed by atoms with Crippen LogP contribution in [-0.2, 0) is 6.42 Å². The molecule has 0 radical (unpaired) electrons. The zero-order chi connectivity index (χ0) is 13.6. The summed E-state index contributed by atoms with van der Waals surface area (Å²) in [5.74, 6) is 0.924. The molecule has 106 valence electrons. The molecule has 1 aromatic carbocycles. The summed E-state index contributed by atoms with van der Waals surface area (Å²) in [6, 6.07) is 8.24. The van der Waals surface area contributed by atoms with Gasteiger partial charge in [0.25, 0.3) is 0 Å². The molecule has 0 bridgehead atoms. The first-order valence-corrected chi connectivity index (χ1v) is 7.27. The normalized spacial score (nSPS) is 17.6. The number of aliphatic hydroxyl groups is 1. The lowest BCUT2D eigenvalue weighted by atomic mass is 9.98. The van der Waals surface area contributed by atoms with Crippen molar-refractivity contribution in [3.05, 3.63) is 29.8 Å². The first-order valence-electron chi connectivity index (χ1n) is 7.27. The predicted molar refractivity (Wildman–Crippen MR) is 77.6 cm³/mol. The molecule has 1 saturated carbocycles. The number of hydrogen-bond acceptors (Lipinski definition) is 3. The van der Waals surface area contributed by atoms with E-state index in [-0.39, 0.29) is 12.1 Å². The molecule has 0 saturated heterocycles. The van der Waals surface area contributed by atoms with Gasteiger partial charge < -0.3 is 15.2 Å². The largest absolute Gasteiger partial charge is 0.497 e. The number of methoxy groups -OCH3 is 1. The van der Waals surface area contributed by atoms with E-state index in [1.54, 1.807) is 7.11 Å². The van der Waals surface area contributed by atoms with Crippen molar-refractivity contribution >= 4 is 0 Å². The van der Waals surface area contributed by atoms with E-state index < -0.39 is 0 Å². The van der Waals surface area contributed by atoms with Gasteiger partial charge in [-0.15, -0.1) is 0 Å². The maximum Gasteiger partial charge on any atom is 0.119 e. The zero-order valence-corrected chi connectivity index (χ0v) is 11.8. The second-order valence-corrected chi connectivity index (χ2v) is 5.53. The molecular formula is C16H25NO2. The second kappa shape index (κ2) is 6.92. The third-order valence-corrected chi connectivity index (χ3v) is 4.14. The monoisotopic (exact) mass is 263 g/mol. The number of aryl methyl sites for hydroxylation is 1. The van der Waals surface area contributed by atoms with Crippen LogP contribution in [0.2, 0.25) is 0 Å². The van der Waals surface area contributed by atoms with Gasteiger partial charge in [-0.1, -0.05) is 25.0 Å². The lowest BCUT2D eigenvalue weighted by Crippen LogP contribution is -2.46. The maximum absolute atomic E-state index is 9.52. The van der Waals surface area contributed by atoms with Crippen LogP contribution < -0.4 is 10.1 Å². The molecule has 1 aliphatic rings. The van der Waals surface area contributed by atoms with Gasteiger partial charge in [0.1, 0.15) is 5.75 Å². The van der Waals surface area contributed by atoms with Gasteiger partial charge in [0.05, 0.1) is 13.7 Å². The van der Waals surface area contributed by atoms with E-state index in [4.69, 9.17) is 4.74 Å². The van der Waals surface area contributed by atoms with Crippen molar-refractivity contribution in [1.82, 2.24) is 5.32 Å². The molecule has 2 rings (SSSR count). The molecule has 19 heavy (non-hydrogen) atoms. The van der Waals surface area contributed by atoms with Crippen LogP contribution in [0, 0.1) is 0 Å². The molecule has 0 spiro atoms. The van der Waals surface area contributed by atoms with Gasteiger partial charge in [0.2, 0.25) is 0 Å². The first-order chi connectivity index (χ1) is 9.28. The highest BCUT2D eigenvalue weighted by atomic mass is 16.5. The predicted octanol–water partition coefficient (Wildman–Crippen LogP) is 2.52. The Morgan fingerprint density at radius 2 is 2.11 bits per heavy atom. The molecule has 1 fully saturated rings. The van der Waals surface area contributed by atoms with Crippen molar-refractivity contribution in [3.8, 4) is 5.75 Å². The third kappa shape index (κ3) is 3.95. The fraction of sp³-hybridized carbons (Fsp3) is 0.625. The van der Waals surface area contributed by atoms with Gasteiger partial charge in [-0.2, -0.15) is 0 Å². The fourth-order valence-electron chi connectivity index (χ4n) is 2.92. The van der Waals surface area contributed by atoms with Crippen LogP contribution >= 0.6 is 0 Å². The summed E-state index contributed by atoms with van der Waals surface area (Å²) in [5.41, 5.74) is 1.32. The summed E-state index contributed by atoms with van der Waals surface area (Å²) in [6.45, 7) is 1.24.